The lowest BCUT2D eigenvalue weighted by atomic mass is 10.1. The van der Waals surface area contributed by atoms with Gasteiger partial charge in [0.25, 0.3) is 0 Å². The highest BCUT2D eigenvalue weighted by Gasteiger charge is 2.13. The van der Waals surface area contributed by atoms with Crippen LogP contribution in [0.3, 0.4) is 0 Å². The second-order valence-electron chi connectivity index (χ2n) is 3.81. The van der Waals surface area contributed by atoms with Gasteiger partial charge in [0.15, 0.2) is 0 Å². The number of imidazole rings is 1. The van der Waals surface area contributed by atoms with Crippen LogP contribution in [-0.2, 0) is 6.54 Å². The molecule has 1 heterocycles. The van der Waals surface area contributed by atoms with Gasteiger partial charge >= 0.3 is 0 Å². The zero-order valence-electron chi connectivity index (χ0n) is 9.74. The average molecular weight is 325 g/mol. The Morgan fingerprint density at radius 2 is 2.28 bits per heavy atom. The highest BCUT2D eigenvalue weighted by Crippen LogP contribution is 2.31. The minimum Gasteiger partial charge on any atom is -0.383 e. The third kappa shape index (κ3) is 2.24. The normalized spacial score (nSPS) is 10.3. The number of nitrogen functional groups attached to an aromatic ring is 1. The molecule has 2 aromatic rings. The summed E-state index contributed by atoms with van der Waals surface area (Å²) >= 11 is 9.42. The molecule has 1 aromatic carbocycles. The lowest BCUT2D eigenvalue weighted by Gasteiger charge is -2.04. The number of hydrogen-bond acceptors (Lipinski definition) is 2. The number of nitrogens with two attached hydrogens (primary N) is 1. The third-order valence-electron chi connectivity index (χ3n) is 2.64. The second-order valence-corrected chi connectivity index (χ2v) is 5.07. The molecular formula is C13H11BrClN3. The Balaban J connectivity index is 2.55. The van der Waals surface area contributed by atoms with Gasteiger partial charge in [-0.3, -0.25) is 0 Å². The summed E-state index contributed by atoms with van der Waals surface area (Å²) in [6, 6.07) is 5.60. The standard InChI is InChI=1S/C13H11BrClN3/c1-3-6-18-8(2)17-12(13(18)16)9-4-5-10(14)11(15)7-9/h1,4-5,7H,6,16H2,2H3. The van der Waals surface area contributed by atoms with Gasteiger partial charge in [-0.25, -0.2) is 4.98 Å². The summed E-state index contributed by atoms with van der Waals surface area (Å²) in [5.41, 5.74) is 7.64. The number of nitrogens with zero attached hydrogens (tertiary/aromatic N) is 2. The number of terminal acetylenes is 1. The Kier molecular flexibility index (Phi) is 3.65. The molecule has 0 aliphatic heterocycles. The van der Waals surface area contributed by atoms with Crippen molar-refractivity contribution in [2.75, 3.05) is 5.73 Å². The van der Waals surface area contributed by atoms with E-state index in [0.717, 1.165) is 15.9 Å². The van der Waals surface area contributed by atoms with Crippen LogP contribution in [0.5, 0.6) is 0 Å². The molecule has 92 valence electrons. The first kappa shape index (κ1) is 13.0. The number of rotatable bonds is 2. The van der Waals surface area contributed by atoms with Crippen molar-refractivity contribution in [2.24, 2.45) is 0 Å². The summed E-state index contributed by atoms with van der Waals surface area (Å²) in [5, 5.41) is 0.621. The van der Waals surface area contributed by atoms with Crippen molar-refractivity contribution in [1.82, 2.24) is 9.55 Å². The Morgan fingerprint density at radius 3 is 2.89 bits per heavy atom. The smallest absolute Gasteiger partial charge is 0.132 e. The van der Waals surface area contributed by atoms with E-state index in [1.807, 2.05) is 25.1 Å². The molecule has 18 heavy (non-hydrogen) atoms. The molecule has 0 bridgehead atoms. The maximum absolute atomic E-state index is 6.07. The molecule has 0 fully saturated rings. The van der Waals surface area contributed by atoms with Crippen LogP contribution in [0.4, 0.5) is 5.82 Å². The van der Waals surface area contributed by atoms with Crippen LogP contribution in [0.25, 0.3) is 11.3 Å². The quantitative estimate of drug-likeness (QED) is 0.859. The maximum atomic E-state index is 6.07. The molecular weight excluding hydrogens is 314 g/mol. The van der Waals surface area contributed by atoms with Crippen molar-refractivity contribution in [3.8, 4) is 23.6 Å². The molecule has 0 spiro atoms. The monoisotopic (exact) mass is 323 g/mol. The fourth-order valence-corrected chi connectivity index (χ4v) is 2.16. The predicted molar refractivity (Wildman–Crippen MR) is 78.4 cm³/mol. The summed E-state index contributed by atoms with van der Waals surface area (Å²) in [4.78, 5) is 4.44. The van der Waals surface area contributed by atoms with E-state index < -0.39 is 0 Å². The molecule has 2 rings (SSSR count). The van der Waals surface area contributed by atoms with Gasteiger partial charge in [-0.15, -0.1) is 6.42 Å². The number of hydrogen-bond donors (Lipinski definition) is 1. The lowest BCUT2D eigenvalue weighted by molar-refractivity contribution is 0.807. The van der Waals surface area contributed by atoms with Crippen LogP contribution in [0, 0.1) is 19.3 Å². The van der Waals surface area contributed by atoms with Gasteiger partial charge in [-0.2, -0.15) is 0 Å². The van der Waals surface area contributed by atoms with Crippen LogP contribution in [0.15, 0.2) is 22.7 Å². The van der Waals surface area contributed by atoms with E-state index >= 15 is 0 Å². The fourth-order valence-electron chi connectivity index (χ4n) is 1.73. The second kappa shape index (κ2) is 5.05. The van der Waals surface area contributed by atoms with Crippen molar-refractivity contribution in [3.05, 3.63) is 33.5 Å². The van der Waals surface area contributed by atoms with Crippen LogP contribution in [-0.4, -0.2) is 9.55 Å². The van der Waals surface area contributed by atoms with Gasteiger partial charge in [0.2, 0.25) is 0 Å². The summed E-state index contributed by atoms with van der Waals surface area (Å²) in [6.45, 7) is 2.28. The van der Waals surface area contributed by atoms with Gasteiger partial charge in [0.1, 0.15) is 17.3 Å². The first-order valence-electron chi connectivity index (χ1n) is 5.26. The van der Waals surface area contributed by atoms with Gasteiger partial charge in [0, 0.05) is 10.0 Å². The number of benzene rings is 1. The number of aryl methyl sites for hydroxylation is 1. The first-order chi connectivity index (χ1) is 8.54. The molecule has 0 saturated carbocycles. The SMILES string of the molecule is C#CCn1c(C)nc(-c2ccc(Br)c(Cl)c2)c1N. The zero-order valence-corrected chi connectivity index (χ0v) is 12.1. The molecule has 0 unspecified atom stereocenters. The van der Waals surface area contributed by atoms with E-state index in [9.17, 15) is 0 Å². The molecule has 0 atom stereocenters. The number of halogens is 2. The van der Waals surface area contributed by atoms with Crippen molar-refractivity contribution in [1.29, 1.82) is 0 Å². The van der Waals surface area contributed by atoms with Crippen LogP contribution >= 0.6 is 27.5 Å². The molecule has 0 amide bonds. The predicted octanol–water partition coefficient (Wildman–Crippen LogP) is 3.49. The fraction of sp³-hybridized carbons (Fsp3) is 0.154. The van der Waals surface area contributed by atoms with Crippen molar-refractivity contribution in [2.45, 2.75) is 13.5 Å². The largest absolute Gasteiger partial charge is 0.383 e. The molecule has 3 nitrogen and oxygen atoms in total. The lowest BCUT2D eigenvalue weighted by Crippen LogP contribution is -2.03. The third-order valence-corrected chi connectivity index (χ3v) is 3.87. The average Bonchev–Trinajstić information content (AvgIpc) is 2.61. The molecule has 1 aromatic heterocycles. The van der Waals surface area contributed by atoms with E-state index in [-0.39, 0.29) is 0 Å². The maximum Gasteiger partial charge on any atom is 0.132 e. The molecule has 2 N–H and O–H groups in total. The van der Waals surface area contributed by atoms with Gasteiger partial charge in [-0.05, 0) is 35.0 Å². The Bertz CT molecular complexity index is 640. The van der Waals surface area contributed by atoms with Gasteiger partial charge < -0.3 is 10.3 Å². The summed E-state index contributed by atoms with van der Waals surface area (Å²) in [6.07, 6.45) is 5.31. The number of aromatic nitrogens is 2. The van der Waals surface area contributed by atoms with E-state index in [0.29, 0.717) is 23.1 Å². The minimum atomic E-state index is 0.412. The van der Waals surface area contributed by atoms with Crippen LogP contribution in [0.1, 0.15) is 5.82 Å². The molecule has 5 heteroatoms. The summed E-state index contributed by atoms with van der Waals surface area (Å²) < 4.78 is 2.64. The zero-order chi connectivity index (χ0) is 13.3. The molecule has 0 saturated heterocycles. The van der Waals surface area contributed by atoms with E-state index in [2.05, 4.69) is 26.8 Å². The highest BCUT2D eigenvalue weighted by molar-refractivity contribution is 9.10. The topological polar surface area (TPSA) is 43.8 Å². The van der Waals surface area contributed by atoms with Crippen LogP contribution in [0.2, 0.25) is 5.02 Å². The van der Waals surface area contributed by atoms with Gasteiger partial charge in [0.05, 0.1) is 11.6 Å². The molecule has 0 aliphatic carbocycles. The van der Waals surface area contributed by atoms with Gasteiger partial charge in [-0.1, -0.05) is 23.6 Å². The number of anilines is 1. The van der Waals surface area contributed by atoms with Crippen molar-refractivity contribution >= 4 is 33.3 Å². The molecule has 0 aliphatic rings. The summed E-state index contributed by atoms with van der Waals surface area (Å²) in [7, 11) is 0. The Hall–Kier alpha value is -1.44. The Morgan fingerprint density at radius 1 is 1.56 bits per heavy atom. The highest BCUT2D eigenvalue weighted by atomic mass is 79.9. The van der Waals surface area contributed by atoms with E-state index in [1.54, 1.807) is 4.57 Å². The Labute approximate surface area is 119 Å². The van der Waals surface area contributed by atoms with E-state index in [1.165, 1.54) is 0 Å². The summed E-state index contributed by atoms with van der Waals surface area (Å²) in [5.74, 6) is 3.91. The minimum absolute atomic E-state index is 0.412. The van der Waals surface area contributed by atoms with Crippen molar-refractivity contribution < 1.29 is 0 Å². The van der Waals surface area contributed by atoms with Crippen molar-refractivity contribution in [3.63, 3.8) is 0 Å². The van der Waals surface area contributed by atoms with Crippen LogP contribution < -0.4 is 5.73 Å². The van der Waals surface area contributed by atoms with E-state index in [4.69, 9.17) is 23.8 Å². The first-order valence-corrected chi connectivity index (χ1v) is 6.43. The molecule has 0 radical (unpaired) electrons.